The van der Waals surface area contributed by atoms with E-state index < -0.39 is 0 Å². The van der Waals surface area contributed by atoms with Gasteiger partial charge in [0.2, 0.25) is 5.96 Å². The molecule has 0 unspecified atom stereocenters. The molecule has 0 fully saturated rings. The summed E-state index contributed by atoms with van der Waals surface area (Å²) in [5.74, 6) is 0.692. The van der Waals surface area contributed by atoms with Gasteiger partial charge in [0, 0.05) is 24.9 Å². The highest BCUT2D eigenvalue weighted by Gasteiger charge is 2.04. The Bertz CT molecular complexity index is 612. The first kappa shape index (κ1) is 10.4. The van der Waals surface area contributed by atoms with E-state index in [1.165, 1.54) is 4.70 Å². The highest BCUT2D eigenvalue weighted by molar-refractivity contribution is 7.18. The molecule has 0 atom stereocenters. The summed E-state index contributed by atoms with van der Waals surface area (Å²) < 4.78 is 1.19. The monoisotopic (exact) mass is 244 g/mol. The van der Waals surface area contributed by atoms with Gasteiger partial charge in [0.1, 0.15) is 0 Å². The van der Waals surface area contributed by atoms with Gasteiger partial charge in [0.25, 0.3) is 0 Å². The zero-order valence-electron chi connectivity index (χ0n) is 9.47. The number of nitrogens with zero attached hydrogens (tertiary/aromatic N) is 3. The summed E-state index contributed by atoms with van der Waals surface area (Å²) in [6.07, 6.45) is 2.82. The second-order valence-electron chi connectivity index (χ2n) is 3.85. The third kappa shape index (κ3) is 2.19. The van der Waals surface area contributed by atoms with E-state index in [0.717, 1.165) is 29.2 Å². The third-order valence-electron chi connectivity index (χ3n) is 2.48. The highest BCUT2D eigenvalue weighted by Crippen LogP contribution is 2.24. The Balaban J connectivity index is 1.90. The molecule has 0 radical (unpaired) electrons. The number of nitrogens with one attached hydrogen (secondary N) is 1. The van der Waals surface area contributed by atoms with Crippen molar-refractivity contribution in [2.45, 2.75) is 13.3 Å². The Kier molecular flexibility index (Phi) is 2.60. The standard InChI is InChI=1S/C12H12N4S/c1-8-15-10-4-3-9(7-11(10)17-8)16-12-13-5-2-6-14-12/h3-5,7H,2,6H2,1H3,(H,14,16). The molecular formula is C12H12N4S. The number of thiazole rings is 1. The lowest BCUT2D eigenvalue weighted by Gasteiger charge is -2.08. The van der Waals surface area contributed by atoms with E-state index in [-0.39, 0.29) is 0 Å². The maximum atomic E-state index is 4.43. The summed E-state index contributed by atoms with van der Waals surface area (Å²) in [6, 6.07) is 6.12. The number of aromatic nitrogens is 1. The summed E-state index contributed by atoms with van der Waals surface area (Å²) in [7, 11) is 0. The maximum absolute atomic E-state index is 4.43. The van der Waals surface area contributed by atoms with Gasteiger partial charge >= 0.3 is 0 Å². The molecule has 1 aromatic carbocycles. The Morgan fingerprint density at radius 2 is 2.29 bits per heavy atom. The molecule has 0 amide bonds. The predicted molar refractivity (Wildman–Crippen MR) is 73.4 cm³/mol. The smallest absolute Gasteiger partial charge is 0.222 e. The van der Waals surface area contributed by atoms with Gasteiger partial charge in [-0.25, -0.2) is 9.98 Å². The van der Waals surface area contributed by atoms with Crippen LogP contribution in [0.3, 0.4) is 0 Å². The van der Waals surface area contributed by atoms with E-state index in [4.69, 9.17) is 0 Å². The predicted octanol–water partition coefficient (Wildman–Crippen LogP) is 2.85. The minimum Gasteiger partial charge on any atom is -0.324 e. The summed E-state index contributed by atoms with van der Waals surface area (Å²) in [5, 5.41) is 4.30. The van der Waals surface area contributed by atoms with E-state index >= 15 is 0 Å². The van der Waals surface area contributed by atoms with E-state index in [9.17, 15) is 0 Å². The highest BCUT2D eigenvalue weighted by atomic mass is 32.1. The molecule has 0 aliphatic carbocycles. The van der Waals surface area contributed by atoms with Crippen LogP contribution < -0.4 is 5.32 Å². The zero-order chi connectivity index (χ0) is 11.7. The molecule has 0 spiro atoms. The van der Waals surface area contributed by atoms with E-state index in [0.29, 0.717) is 5.96 Å². The Morgan fingerprint density at radius 3 is 3.12 bits per heavy atom. The summed E-state index contributed by atoms with van der Waals surface area (Å²) in [6.45, 7) is 2.83. The SMILES string of the molecule is Cc1nc2ccc(NC3=NCCC=N3)cc2s1. The minimum absolute atomic E-state index is 0.692. The number of hydrogen-bond acceptors (Lipinski definition) is 5. The van der Waals surface area contributed by atoms with Gasteiger partial charge in [-0.2, -0.15) is 0 Å². The maximum Gasteiger partial charge on any atom is 0.222 e. The van der Waals surface area contributed by atoms with Crippen LogP contribution in [0.1, 0.15) is 11.4 Å². The number of benzene rings is 1. The van der Waals surface area contributed by atoms with Crippen LogP contribution in [0.2, 0.25) is 0 Å². The number of hydrogen-bond donors (Lipinski definition) is 1. The second kappa shape index (κ2) is 4.25. The molecule has 0 saturated carbocycles. The molecule has 1 aliphatic rings. The normalized spacial score (nSPS) is 15.0. The molecule has 17 heavy (non-hydrogen) atoms. The number of aliphatic imine (C=N–C) groups is 2. The molecule has 1 N–H and O–H groups in total. The van der Waals surface area contributed by atoms with Gasteiger partial charge in [0.05, 0.1) is 15.2 Å². The molecule has 0 bridgehead atoms. The van der Waals surface area contributed by atoms with E-state index in [2.05, 4.69) is 26.4 Å². The second-order valence-corrected chi connectivity index (χ2v) is 5.08. The van der Waals surface area contributed by atoms with Gasteiger partial charge in [-0.05, 0) is 25.1 Å². The molecule has 5 heteroatoms. The molecule has 1 aromatic heterocycles. The van der Waals surface area contributed by atoms with Crippen LogP contribution >= 0.6 is 11.3 Å². The van der Waals surface area contributed by atoms with Crippen molar-refractivity contribution in [2.24, 2.45) is 9.98 Å². The molecule has 0 saturated heterocycles. The van der Waals surface area contributed by atoms with Crippen molar-refractivity contribution in [3.05, 3.63) is 23.2 Å². The van der Waals surface area contributed by atoms with Crippen LogP contribution in [0.25, 0.3) is 10.2 Å². The molecule has 3 rings (SSSR count). The van der Waals surface area contributed by atoms with E-state index in [1.807, 2.05) is 25.3 Å². The summed E-state index contributed by atoms with van der Waals surface area (Å²) in [5.41, 5.74) is 2.06. The van der Waals surface area contributed by atoms with Gasteiger partial charge in [-0.1, -0.05) is 0 Å². The fraction of sp³-hybridized carbons (Fsp3) is 0.250. The largest absolute Gasteiger partial charge is 0.324 e. The lowest BCUT2D eigenvalue weighted by molar-refractivity contribution is 1.03. The Morgan fingerprint density at radius 1 is 1.35 bits per heavy atom. The van der Waals surface area contributed by atoms with E-state index in [1.54, 1.807) is 11.3 Å². The summed E-state index contributed by atoms with van der Waals surface area (Å²) in [4.78, 5) is 12.9. The van der Waals surface area contributed by atoms with Crippen molar-refractivity contribution >= 4 is 39.4 Å². The van der Waals surface area contributed by atoms with Crippen molar-refractivity contribution in [1.29, 1.82) is 0 Å². The van der Waals surface area contributed by atoms with Crippen molar-refractivity contribution in [1.82, 2.24) is 4.98 Å². The minimum atomic E-state index is 0.692. The fourth-order valence-corrected chi connectivity index (χ4v) is 2.60. The lowest BCUT2D eigenvalue weighted by atomic mass is 10.3. The van der Waals surface area contributed by atoms with Crippen molar-refractivity contribution in [3.8, 4) is 0 Å². The van der Waals surface area contributed by atoms with Gasteiger partial charge in [-0.15, -0.1) is 11.3 Å². The molecule has 2 heterocycles. The van der Waals surface area contributed by atoms with Gasteiger partial charge < -0.3 is 5.32 Å². The summed E-state index contributed by atoms with van der Waals surface area (Å²) >= 11 is 1.70. The zero-order valence-corrected chi connectivity index (χ0v) is 10.3. The quantitative estimate of drug-likeness (QED) is 0.838. The van der Waals surface area contributed by atoms with Gasteiger partial charge in [-0.3, -0.25) is 4.99 Å². The molecule has 1 aliphatic heterocycles. The molecule has 2 aromatic rings. The van der Waals surface area contributed by atoms with Crippen LogP contribution in [0, 0.1) is 6.92 Å². The van der Waals surface area contributed by atoms with Crippen LogP contribution in [-0.2, 0) is 0 Å². The van der Waals surface area contributed by atoms with Crippen molar-refractivity contribution in [3.63, 3.8) is 0 Å². The third-order valence-corrected chi connectivity index (χ3v) is 3.42. The fourth-order valence-electron chi connectivity index (χ4n) is 1.74. The number of rotatable bonds is 1. The first-order chi connectivity index (χ1) is 8.31. The van der Waals surface area contributed by atoms with Crippen molar-refractivity contribution in [2.75, 3.05) is 11.9 Å². The van der Waals surface area contributed by atoms with Gasteiger partial charge in [0.15, 0.2) is 0 Å². The Hall–Kier alpha value is -1.75. The molecule has 86 valence electrons. The van der Waals surface area contributed by atoms with Crippen molar-refractivity contribution < 1.29 is 0 Å². The lowest BCUT2D eigenvalue weighted by Crippen LogP contribution is -2.13. The number of aryl methyl sites for hydroxylation is 1. The first-order valence-electron chi connectivity index (χ1n) is 5.52. The number of anilines is 1. The molecular weight excluding hydrogens is 232 g/mol. The average Bonchev–Trinajstić information content (AvgIpc) is 2.70. The topological polar surface area (TPSA) is 49.6 Å². The Labute approximate surface area is 103 Å². The van der Waals surface area contributed by atoms with Crippen LogP contribution in [0.15, 0.2) is 28.2 Å². The van der Waals surface area contributed by atoms with Crippen LogP contribution in [0.5, 0.6) is 0 Å². The average molecular weight is 244 g/mol. The number of fused-ring (bicyclic) bond motifs is 1. The number of guanidine groups is 1. The molecule has 4 nitrogen and oxygen atoms in total. The van der Waals surface area contributed by atoms with Crippen LogP contribution in [0.4, 0.5) is 5.69 Å². The van der Waals surface area contributed by atoms with Crippen LogP contribution in [-0.4, -0.2) is 23.7 Å². The first-order valence-corrected chi connectivity index (χ1v) is 6.34.